The molecule has 0 radical (unpaired) electrons. The van der Waals surface area contributed by atoms with Crippen LogP contribution in [0.25, 0.3) is 17.2 Å². The van der Waals surface area contributed by atoms with Crippen LogP contribution in [-0.4, -0.2) is 6.18 Å². The Morgan fingerprint density at radius 2 is 1.15 bits per heavy atom. The molecule has 0 aliphatic rings. The van der Waals surface area contributed by atoms with Gasteiger partial charge in [-0.25, -0.2) is 26.3 Å². The van der Waals surface area contributed by atoms with Crippen molar-refractivity contribution in [2.24, 2.45) is 0 Å². The summed E-state index contributed by atoms with van der Waals surface area (Å²) in [7, 11) is 0. The predicted octanol–water partition coefficient (Wildman–Crippen LogP) is 8.11. The lowest BCUT2D eigenvalue weighted by Crippen LogP contribution is -2.03. The molecular formula is C25H17F9. The number of hydrogen-bond acceptors (Lipinski definition) is 0. The van der Waals surface area contributed by atoms with Crippen LogP contribution in [0, 0.1) is 34.9 Å². The standard InChI is InChI=1S/C25H17F9/c1-2-13-7-22(30)24(23(31)8-13)15-11-20(28)16(21(29)12-15)4-3-14-9-18(26)17(19(27)10-14)5-6-25(32,33)34/h5-12H,2-4H2,1H3. The summed E-state index contributed by atoms with van der Waals surface area (Å²) in [6.07, 6.45) is -5.09. The van der Waals surface area contributed by atoms with E-state index in [4.69, 9.17) is 0 Å². The fourth-order valence-corrected chi connectivity index (χ4v) is 3.48. The van der Waals surface area contributed by atoms with E-state index in [1.807, 2.05) is 0 Å². The summed E-state index contributed by atoms with van der Waals surface area (Å²) >= 11 is 0. The smallest absolute Gasteiger partial charge is 0.207 e. The van der Waals surface area contributed by atoms with Gasteiger partial charge < -0.3 is 0 Å². The highest BCUT2D eigenvalue weighted by molar-refractivity contribution is 5.66. The molecule has 0 N–H and O–H groups in total. The molecule has 34 heavy (non-hydrogen) atoms. The minimum Gasteiger partial charge on any atom is -0.207 e. The average Bonchev–Trinajstić information content (AvgIpc) is 2.71. The Morgan fingerprint density at radius 3 is 1.62 bits per heavy atom. The first kappa shape index (κ1) is 25.4. The zero-order valence-corrected chi connectivity index (χ0v) is 17.6. The number of hydrogen-bond donors (Lipinski definition) is 0. The van der Waals surface area contributed by atoms with Crippen molar-refractivity contribution >= 4 is 6.08 Å². The molecule has 180 valence electrons. The average molecular weight is 488 g/mol. The lowest BCUT2D eigenvalue weighted by molar-refractivity contribution is -0.0790. The van der Waals surface area contributed by atoms with Crippen molar-refractivity contribution < 1.29 is 39.5 Å². The SMILES string of the molecule is CCc1cc(F)c(-c2cc(F)c(CCc3cc(F)c(C=CC(F)(F)F)c(F)c3)c(F)c2)c(F)c1. The number of halogens is 9. The van der Waals surface area contributed by atoms with E-state index in [2.05, 4.69) is 0 Å². The van der Waals surface area contributed by atoms with Crippen LogP contribution in [0.4, 0.5) is 39.5 Å². The highest BCUT2D eigenvalue weighted by Crippen LogP contribution is 2.31. The number of allylic oxidation sites excluding steroid dienone is 1. The first-order valence-electron chi connectivity index (χ1n) is 10.1. The summed E-state index contributed by atoms with van der Waals surface area (Å²) in [4.78, 5) is 0. The minimum absolute atomic E-state index is 0.0470. The summed E-state index contributed by atoms with van der Waals surface area (Å²) in [6, 6.07) is 5.19. The summed E-state index contributed by atoms with van der Waals surface area (Å²) in [6.45, 7) is 1.69. The van der Waals surface area contributed by atoms with Gasteiger partial charge in [0.25, 0.3) is 0 Å². The first-order chi connectivity index (χ1) is 15.9. The van der Waals surface area contributed by atoms with Gasteiger partial charge in [0.2, 0.25) is 0 Å². The molecule has 9 heteroatoms. The summed E-state index contributed by atoms with van der Waals surface area (Å²) in [5, 5.41) is 0. The molecule has 3 rings (SSSR count). The van der Waals surface area contributed by atoms with Gasteiger partial charge in [-0.1, -0.05) is 6.92 Å². The fraction of sp³-hybridized carbons (Fsp3) is 0.200. The van der Waals surface area contributed by atoms with E-state index in [1.165, 1.54) is 0 Å². The van der Waals surface area contributed by atoms with E-state index in [0.29, 0.717) is 12.0 Å². The third kappa shape index (κ3) is 5.81. The molecule has 3 aromatic rings. The van der Waals surface area contributed by atoms with Crippen LogP contribution >= 0.6 is 0 Å². The minimum atomic E-state index is -4.76. The van der Waals surface area contributed by atoms with Gasteiger partial charge in [0.15, 0.2) is 0 Å². The second-order valence-corrected chi connectivity index (χ2v) is 7.55. The number of benzene rings is 3. The summed E-state index contributed by atoms with van der Waals surface area (Å²) in [5.41, 5.74) is -2.00. The van der Waals surface area contributed by atoms with Gasteiger partial charge in [-0.15, -0.1) is 0 Å². The number of rotatable bonds is 6. The largest absolute Gasteiger partial charge is 0.409 e. The molecule has 0 heterocycles. The van der Waals surface area contributed by atoms with Crippen LogP contribution in [0.15, 0.2) is 42.5 Å². The van der Waals surface area contributed by atoms with Crippen LogP contribution in [0.2, 0.25) is 0 Å². The van der Waals surface area contributed by atoms with Crippen molar-refractivity contribution in [2.75, 3.05) is 0 Å². The molecule has 0 aromatic heterocycles. The molecule has 0 aliphatic carbocycles. The molecule has 0 atom stereocenters. The molecule has 0 fully saturated rings. The lowest BCUT2D eigenvalue weighted by Gasteiger charge is -2.12. The molecular weight excluding hydrogens is 471 g/mol. The summed E-state index contributed by atoms with van der Waals surface area (Å²) < 4.78 is 123. The maximum atomic E-state index is 14.6. The molecule has 0 bridgehead atoms. The van der Waals surface area contributed by atoms with Gasteiger partial charge in [-0.3, -0.25) is 0 Å². The van der Waals surface area contributed by atoms with Crippen molar-refractivity contribution in [2.45, 2.75) is 32.4 Å². The Balaban J connectivity index is 1.85. The summed E-state index contributed by atoms with van der Waals surface area (Å²) in [5.74, 6) is -6.72. The molecule has 0 unspecified atom stereocenters. The molecule has 0 saturated carbocycles. The quantitative estimate of drug-likeness (QED) is 0.308. The van der Waals surface area contributed by atoms with Crippen molar-refractivity contribution in [3.8, 4) is 11.1 Å². The maximum Gasteiger partial charge on any atom is 0.409 e. The van der Waals surface area contributed by atoms with E-state index in [0.717, 1.165) is 36.4 Å². The Morgan fingerprint density at radius 1 is 0.647 bits per heavy atom. The van der Waals surface area contributed by atoms with Gasteiger partial charge in [0.05, 0.1) is 5.56 Å². The third-order valence-corrected chi connectivity index (χ3v) is 5.18. The first-order valence-corrected chi connectivity index (χ1v) is 10.1. The molecule has 0 amide bonds. The maximum absolute atomic E-state index is 14.6. The lowest BCUT2D eigenvalue weighted by atomic mass is 9.97. The molecule has 0 spiro atoms. The van der Waals surface area contributed by atoms with Crippen LogP contribution < -0.4 is 0 Å². The van der Waals surface area contributed by atoms with E-state index < -0.39 is 57.8 Å². The monoisotopic (exact) mass is 488 g/mol. The number of alkyl halides is 3. The Kier molecular flexibility index (Phi) is 7.43. The second kappa shape index (κ2) is 9.95. The Bertz CT molecular complexity index is 1170. The van der Waals surface area contributed by atoms with Crippen LogP contribution in [0.5, 0.6) is 0 Å². The van der Waals surface area contributed by atoms with Gasteiger partial charge in [0.1, 0.15) is 34.9 Å². The second-order valence-electron chi connectivity index (χ2n) is 7.55. The number of aryl methyl sites for hydroxylation is 2. The molecule has 0 nitrogen and oxygen atoms in total. The topological polar surface area (TPSA) is 0 Å². The van der Waals surface area contributed by atoms with Crippen molar-refractivity contribution in [3.63, 3.8) is 0 Å². The zero-order valence-electron chi connectivity index (χ0n) is 17.6. The fourth-order valence-electron chi connectivity index (χ4n) is 3.48. The predicted molar refractivity (Wildman–Crippen MR) is 110 cm³/mol. The Hall–Kier alpha value is -3.23. The van der Waals surface area contributed by atoms with Crippen molar-refractivity contribution in [1.82, 2.24) is 0 Å². The van der Waals surface area contributed by atoms with E-state index in [1.54, 1.807) is 6.92 Å². The van der Waals surface area contributed by atoms with E-state index in [9.17, 15) is 39.5 Å². The van der Waals surface area contributed by atoms with Gasteiger partial charge in [-0.05, 0) is 78.4 Å². The normalized spacial score (nSPS) is 12.1. The van der Waals surface area contributed by atoms with Gasteiger partial charge in [0, 0.05) is 17.2 Å². The highest BCUT2D eigenvalue weighted by Gasteiger charge is 2.23. The molecule has 0 saturated heterocycles. The van der Waals surface area contributed by atoms with Gasteiger partial charge >= 0.3 is 6.18 Å². The van der Waals surface area contributed by atoms with E-state index >= 15 is 0 Å². The van der Waals surface area contributed by atoms with Gasteiger partial charge in [-0.2, -0.15) is 13.2 Å². The van der Waals surface area contributed by atoms with Crippen LogP contribution in [0.3, 0.4) is 0 Å². The third-order valence-electron chi connectivity index (χ3n) is 5.18. The molecule has 0 aliphatic heterocycles. The van der Waals surface area contributed by atoms with Crippen LogP contribution in [-0.2, 0) is 19.3 Å². The van der Waals surface area contributed by atoms with Crippen molar-refractivity contribution in [3.05, 3.63) is 99.6 Å². The molecule has 3 aromatic carbocycles. The van der Waals surface area contributed by atoms with E-state index in [-0.39, 0.29) is 36.1 Å². The van der Waals surface area contributed by atoms with Crippen LogP contribution in [0.1, 0.15) is 29.2 Å². The highest BCUT2D eigenvalue weighted by atomic mass is 19.4. The van der Waals surface area contributed by atoms with Crippen molar-refractivity contribution in [1.29, 1.82) is 0 Å². The zero-order chi connectivity index (χ0) is 25.2. The Labute approximate surface area is 189 Å².